The van der Waals surface area contributed by atoms with E-state index in [1.807, 2.05) is 26.0 Å². The Morgan fingerprint density at radius 2 is 1.77 bits per heavy atom. The molecular formula is C16H19NO5. The van der Waals surface area contributed by atoms with Gasteiger partial charge in [-0.2, -0.15) is 0 Å². The number of amides is 1. The van der Waals surface area contributed by atoms with Gasteiger partial charge in [-0.05, 0) is 38.8 Å². The fraction of sp³-hybridized carbons (Fsp3) is 0.375. The molecule has 0 bridgehead atoms. The Kier molecular flexibility index (Phi) is 4.23. The number of aliphatic hydroxyl groups is 1. The zero-order valence-corrected chi connectivity index (χ0v) is 12.9. The van der Waals surface area contributed by atoms with E-state index in [0.717, 1.165) is 16.5 Å². The van der Waals surface area contributed by atoms with Gasteiger partial charge in [-0.3, -0.25) is 4.79 Å². The molecule has 1 aromatic carbocycles. The van der Waals surface area contributed by atoms with Crippen molar-refractivity contribution >= 4 is 22.8 Å². The molecule has 0 aliphatic heterocycles. The summed E-state index contributed by atoms with van der Waals surface area (Å²) in [6.07, 6.45) is -1.21. The van der Waals surface area contributed by atoms with E-state index in [1.165, 1.54) is 6.92 Å². The molecule has 2 rings (SSSR count). The van der Waals surface area contributed by atoms with Crippen molar-refractivity contribution in [2.24, 2.45) is 0 Å². The van der Waals surface area contributed by atoms with Gasteiger partial charge in [0.2, 0.25) is 0 Å². The molecule has 118 valence electrons. The predicted molar refractivity (Wildman–Crippen MR) is 81.0 cm³/mol. The smallest absolute Gasteiger partial charge is 0.328 e. The highest BCUT2D eigenvalue weighted by Crippen LogP contribution is 2.30. The maximum absolute atomic E-state index is 12.3. The van der Waals surface area contributed by atoms with Crippen LogP contribution >= 0.6 is 0 Å². The van der Waals surface area contributed by atoms with Crippen molar-refractivity contribution < 1.29 is 24.2 Å². The highest BCUT2D eigenvalue weighted by atomic mass is 16.4. The summed E-state index contributed by atoms with van der Waals surface area (Å²) in [5, 5.41) is 21.6. The molecule has 0 saturated carbocycles. The van der Waals surface area contributed by atoms with Crippen molar-refractivity contribution in [3.8, 4) is 0 Å². The van der Waals surface area contributed by atoms with Crippen LogP contribution in [0.25, 0.3) is 11.0 Å². The summed E-state index contributed by atoms with van der Waals surface area (Å²) >= 11 is 0. The molecule has 6 nitrogen and oxygen atoms in total. The number of carboxylic acid groups (broad SMARTS) is 1. The van der Waals surface area contributed by atoms with E-state index in [-0.39, 0.29) is 5.76 Å². The molecule has 0 aliphatic carbocycles. The van der Waals surface area contributed by atoms with Crippen LogP contribution < -0.4 is 5.32 Å². The molecular weight excluding hydrogens is 286 g/mol. The first-order valence-corrected chi connectivity index (χ1v) is 6.95. The van der Waals surface area contributed by atoms with Crippen LogP contribution in [0.5, 0.6) is 0 Å². The van der Waals surface area contributed by atoms with Crippen LogP contribution in [0, 0.1) is 20.8 Å². The highest BCUT2D eigenvalue weighted by molar-refractivity contribution is 6.01. The molecule has 1 heterocycles. The second-order valence-corrected chi connectivity index (χ2v) is 5.49. The quantitative estimate of drug-likeness (QED) is 0.801. The van der Waals surface area contributed by atoms with Gasteiger partial charge >= 0.3 is 5.97 Å². The summed E-state index contributed by atoms with van der Waals surface area (Å²) in [6, 6.07) is 2.46. The Morgan fingerprint density at radius 3 is 2.27 bits per heavy atom. The molecule has 0 saturated heterocycles. The van der Waals surface area contributed by atoms with E-state index in [9.17, 15) is 14.7 Å². The van der Waals surface area contributed by atoms with Gasteiger partial charge in [-0.25, -0.2) is 4.79 Å². The largest absolute Gasteiger partial charge is 0.480 e. The monoisotopic (exact) mass is 305 g/mol. The summed E-state index contributed by atoms with van der Waals surface area (Å²) in [5.74, 6) is -1.88. The van der Waals surface area contributed by atoms with Crippen molar-refractivity contribution in [2.75, 3.05) is 0 Å². The normalized spacial score (nSPS) is 13.9. The van der Waals surface area contributed by atoms with Gasteiger partial charge in [0.05, 0.1) is 6.10 Å². The lowest BCUT2D eigenvalue weighted by Gasteiger charge is -2.16. The molecule has 3 N–H and O–H groups in total. The van der Waals surface area contributed by atoms with Gasteiger partial charge < -0.3 is 19.9 Å². The summed E-state index contributed by atoms with van der Waals surface area (Å²) < 4.78 is 5.65. The Balaban J connectivity index is 2.45. The van der Waals surface area contributed by atoms with E-state index >= 15 is 0 Å². The Labute approximate surface area is 127 Å². The SMILES string of the molecule is Cc1ccc(C)c2c(C)c(C(=O)N[C@H](C(=O)O)[C@@H](C)O)oc12. The predicted octanol–water partition coefficient (Wildman–Crippen LogP) is 1.92. The number of fused-ring (bicyclic) bond motifs is 1. The van der Waals surface area contributed by atoms with Crippen LogP contribution in [0.15, 0.2) is 16.5 Å². The average molecular weight is 305 g/mol. The maximum Gasteiger partial charge on any atom is 0.328 e. The molecule has 0 unspecified atom stereocenters. The fourth-order valence-corrected chi connectivity index (χ4v) is 2.49. The lowest BCUT2D eigenvalue weighted by molar-refractivity contribution is -0.141. The third-order valence-corrected chi connectivity index (χ3v) is 3.72. The number of benzene rings is 1. The van der Waals surface area contributed by atoms with Gasteiger partial charge in [0.1, 0.15) is 5.58 Å². The molecule has 0 fully saturated rings. The minimum Gasteiger partial charge on any atom is -0.480 e. The number of aliphatic hydroxyl groups excluding tert-OH is 1. The second-order valence-electron chi connectivity index (χ2n) is 5.49. The van der Waals surface area contributed by atoms with E-state index in [2.05, 4.69) is 5.32 Å². The number of rotatable bonds is 4. The minimum absolute atomic E-state index is 0.0688. The van der Waals surface area contributed by atoms with Crippen LogP contribution in [0.2, 0.25) is 0 Å². The van der Waals surface area contributed by atoms with E-state index in [4.69, 9.17) is 9.52 Å². The van der Waals surface area contributed by atoms with E-state index < -0.39 is 24.0 Å². The first-order valence-electron chi connectivity index (χ1n) is 6.95. The number of carboxylic acids is 1. The Morgan fingerprint density at radius 1 is 1.18 bits per heavy atom. The molecule has 1 aromatic heterocycles. The standard InChI is InChI=1S/C16H19NO5/c1-7-5-6-8(2)13-11(7)9(3)14(22-13)15(19)17-12(10(4)18)16(20)21/h5-6,10,12,18H,1-4H3,(H,17,19)(H,20,21)/t10-,12+/m1/s1. The number of hydrogen-bond donors (Lipinski definition) is 3. The zero-order valence-electron chi connectivity index (χ0n) is 12.9. The van der Waals surface area contributed by atoms with Gasteiger partial charge in [-0.1, -0.05) is 12.1 Å². The summed E-state index contributed by atoms with van der Waals surface area (Å²) in [5.41, 5.74) is 3.15. The van der Waals surface area contributed by atoms with Gasteiger partial charge in [-0.15, -0.1) is 0 Å². The minimum atomic E-state index is -1.39. The molecule has 0 aliphatic rings. The maximum atomic E-state index is 12.3. The topological polar surface area (TPSA) is 99.8 Å². The number of aliphatic carboxylic acids is 1. The number of hydrogen-bond acceptors (Lipinski definition) is 4. The second kappa shape index (κ2) is 5.81. The molecule has 2 atom stereocenters. The van der Waals surface area contributed by atoms with Crippen molar-refractivity contribution in [2.45, 2.75) is 39.8 Å². The number of aryl methyl sites for hydroxylation is 3. The molecule has 22 heavy (non-hydrogen) atoms. The lowest BCUT2D eigenvalue weighted by Crippen LogP contribution is -2.47. The Bertz CT molecular complexity index is 745. The summed E-state index contributed by atoms with van der Waals surface area (Å²) in [7, 11) is 0. The van der Waals surface area contributed by atoms with Crippen molar-refractivity contribution in [1.82, 2.24) is 5.32 Å². The van der Waals surface area contributed by atoms with Gasteiger partial charge in [0.25, 0.3) is 5.91 Å². The molecule has 6 heteroatoms. The summed E-state index contributed by atoms with van der Waals surface area (Å²) in [4.78, 5) is 23.4. The lowest BCUT2D eigenvalue weighted by atomic mass is 10.0. The number of carbonyl (C=O) groups is 2. The fourth-order valence-electron chi connectivity index (χ4n) is 2.49. The van der Waals surface area contributed by atoms with Gasteiger partial charge in [0.15, 0.2) is 11.8 Å². The number of carbonyl (C=O) groups excluding carboxylic acids is 1. The van der Waals surface area contributed by atoms with Crippen LogP contribution in [0.1, 0.15) is 34.2 Å². The number of furan rings is 1. The number of nitrogens with one attached hydrogen (secondary N) is 1. The third-order valence-electron chi connectivity index (χ3n) is 3.72. The molecule has 0 spiro atoms. The Hall–Kier alpha value is -2.34. The van der Waals surface area contributed by atoms with E-state index in [1.54, 1.807) is 6.92 Å². The van der Waals surface area contributed by atoms with E-state index in [0.29, 0.717) is 11.1 Å². The average Bonchev–Trinajstić information content (AvgIpc) is 2.78. The zero-order chi connectivity index (χ0) is 16.6. The first-order chi connectivity index (χ1) is 10.2. The molecule has 0 radical (unpaired) electrons. The van der Waals surface area contributed by atoms with Crippen molar-refractivity contribution in [3.63, 3.8) is 0 Å². The molecule has 1 amide bonds. The van der Waals surface area contributed by atoms with Crippen molar-refractivity contribution in [1.29, 1.82) is 0 Å². The van der Waals surface area contributed by atoms with Gasteiger partial charge in [0, 0.05) is 10.9 Å². The van der Waals surface area contributed by atoms with Crippen LogP contribution in [0.4, 0.5) is 0 Å². The van der Waals surface area contributed by atoms with Crippen LogP contribution in [-0.2, 0) is 4.79 Å². The van der Waals surface area contributed by atoms with Crippen LogP contribution in [-0.4, -0.2) is 34.2 Å². The van der Waals surface area contributed by atoms with Crippen LogP contribution in [0.3, 0.4) is 0 Å². The molecule has 2 aromatic rings. The van der Waals surface area contributed by atoms with Crippen molar-refractivity contribution in [3.05, 3.63) is 34.6 Å². The first kappa shape index (κ1) is 16.0. The summed E-state index contributed by atoms with van der Waals surface area (Å²) in [6.45, 7) is 6.86. The highest BCUT2D eigenvalue weighted by Gasteiger charge is 2.28. The third kappa shape index (κ3) is 2.69.